The maximum absolute atomic E-state index is 12.4. The van der Waals surface area contributed by atoms with Gasteiger partial charge in [0.25, 0.3) is 5.91 Å². The fourth-order valence-corrected chi connectivity index (χ4v) is 2.32. The topological polar surface area (TPSA) is 73.6 Å². The Bertz CT molecular complexity index is 737. The molecule has 0 fully saturated rings. The third-order valence-corrected chi connectivity index (χ3v) is 3.58. The molecule has 1 N–H and O–H groups in total. The summed E-state index contributed by atoms with van der Waals surface area (Å²) in [5.74, 6) is 0.501. The Morgan fingerprint density at radius 3 is 2.75 bits per heavy atom. The average molecular weight is 324 g/mol. The van der Waals surface area contributed by atoms with Gasteiger partial charge in [0.05, 0.1) is 18.2 Å². The van der Waals surface area contributed by atoms with Crippen molar-refractivity contribution in [1.82, 2.24) is 4.90 Å². The van der Waals surface area contributed by atoms with Crippen molar-refractivity contribution >= 4 is 5.91 Å². The predicted octanol–water partition coefficient (Wildman–Crippen LogP) is 2.59. The number of carbonyl (C=O) groups excluding carboxylic acids is 1. The molecule has 0 aliphatic rings. The monoisotopic (exact) mass is 324 g/mol. The van der Waals surface area contributed by atoms with Gasteiger partial charge in [-0.05, 0) is 42.8 Å². The summed E-state index contributed by atoms with van der Waals surface area (Å²) in [6, 6.07) is 16.2. The summed E-state index contributed by atoms with van der Waals surface area (Å²) in [4.78, 5) is 14.0. The predicted molar refractivity (Wildman–Crippen MR) is 90.6 cm³/mol. The number of hydrogen-bond acceptors (Lipinski definition) is 4. The summed E-state index contributed by atoms with van der Waals surface area (Å²) in [5.41, 5.74) is 1.97. The number of carbonyl (C=O) groups is 1. The van der Waals surface area contributed by atoms with Crippen LogP contribution in [0.25, 0.3) is 0 Å². The molecule has 5 heteroatoms. The summed E-state index contributed by atoms with van der Waals surface area (Å²) < 4.78 is 5.69. The van der Waals surface area contributed by atoms with Gasteiger partial charge in [-0.25, -0.2) is 0 Å². The lowest BCUT2D eigenvalue weighted by molar-refractivity contribution is 0.0732. The van der Waals surface area contributed by atoms with E-state index in [-0.39, 0.29) is 12.5 Å². The lowest BCUT2D eigenvalue weighted by Crippen LogP contribution is -2.33. The van der Waals surface area contributed by atoms with Crippen LogP contribution in [-0.2, 0) is 6.61 Å². The maximum Gasteiger partial charge on any atom is 0.253 e. The second kappa shape index (κ2) is 8.70. The van der Waals surface area contributed by atoms with Gasteiger partial charge >= 0.3 is 0 Å². The van der Waals surface area contributed by atoms with Crippen molar-refractivity contribution in [1.29, 1.82) is 5.26 Å². The van der Waals surface area contributed by atoms with Crippen LogP contribution >= 0.6 is 0 Å². The van der Waals surface area contributed by atoms with E-state index in [1.54, 1.807) is 41.3 Å². The number of hydrogen-bond donors (Lipinski definition) is 1. The van der Waals surface area contributed by atoms with Gasteiger partial charge in [0.15, 0.2) is 0 Å². The SMILES string of the molecule is CCN(CCO)C(=O)c1cccc(COc2cccc(C#N)c2)c1. The lowest BCUT2D eigenvalue weighted by Gasteiger charge is -2.20. The van der Waals surface area contributed by atoms with Crippen molar-refractivity contribution in [3.8, 4) is 11.8 Å². The zero-order chi connectivity index (χ0) is 17.4. The van der Waals surface area contributed by atoms with E-state index in [2.05, 4.69) is 6.07 Å². The summed E-state index contributed by atoms with van der Waals surface area (Å²) in [6.07, 6.45) is 0. The highest BCUT2D eigenvalue weighted by atomic mass is 16.5. The van der Waals surface area contributed by atoms with Gasteiger partial charge < -0.3 is 14.7 Å². The van der Waals surface area contributed by atoms with Gasteiger partial charge in [0, 0.05) is 18.7 Å². The first-order valence-electron chi connectivity index (χ1n) is 7.80. The molecule has 0 saturated heterocycles. The van der Waals surface area contributed by atoms with Crippen molar-refractivity contribution in [2.45, 2.75) is 13.5 Å². The zero-order valence-electron chi connectivity index (χ0n) is 13.6. The van der Waals surface area contributed by atoms with Gasteiger partial charge in [0.1, 0.15) is 12.4 Å². The number of nitriles is 1. The van der Waals surface area contributed by atoms with Crippen LogP contribution in [-0.4, -0.2) is 35.6 Å². The first kappa shape index (κ1) is 17.5. The van der Waals surface area contributed by atoms with E-state index in [4.69, 9.17) is 15.1 Å². The fraction of sp³-hybridized carbons (Fsp3) is 0.263. The zero-order valence-corrected chi connectivity index (χ0v) is 13.6. The number of benzene rings is 2. The molecule has 0 radical (unpaired) electrons. The summed E-state index contributed by atoms with van der Waals surface area (Å²) >= 11 is 0. The van der Waals surface area contributed by atoms with Crippen molar-refractivity contribution in [3.05, 3.63) is 65.2 Å². The van der Waals surface area contributed by atoms with E-state index in [1.165, 1.54) is 0 Å². The first-order valence-corrected chi connectivity index (χ1v) is 7.80. The standard InChI is InChI=1S/C19H20N2O3/c1-2-21(9-10-22)19(23)17-7-3-6-16(11-17)14-24-18-8-4-5-15(12-18)13-20/h3-8,11-12,22H,2,9-10,14H2,1H3. The summed E-state index contributed by atoms with van der Waals surface area (Å²) in [5, 5.41) is 17.9. The van der Waals surface area contributed by atoms with Crippen LogP contribution in [0.5, 0.6) is 5.75 Å². The molecule has 0 heterocycles. The van der Waals surface area contributed by atoms with Crippen LogP contribution in [0.1, 0.15) is 28.4 Å². The van der Waals surface area contributed by atoms with Gasteiger partial charge in [-0.15, -0.1) is 0 Å². The highest BCUT2D eigenvalue weighted by Crippen LogP contribution is 2.16. The molecule has 0 saturated carbocycles. The molecule has 0 spiro atoms. The van der Waals surface area contributed by atoms with Gasteiger partial charge in [-0.1, -0.05) is 18.2 Å². The number of rotatable bonds is 7. The molecule has 0 aliphatic carbocycles. The number of likely N-dealkylation sites (N-methyl/N-ethyl adjacent to an activating group) is 1. The van der Waals surface area contributed by atoms with E-state index in [9.17, 15) is 4.79 Å². The summed E-state index contributed by atoms with van der Waals surface area (Å²) in [7, 11) is 0. The van der Waals surface area contributed by atoms with Crippen LogP contribution in [0, 0.1) is 11.3 Å². The highest BCUT2D eigenvalue weighted by molar-refractivity contribution is 5.94. The molecular weight excluding hydrogens is 304 g/mol. The molecule has 124 valence electrons. The van der Waals surface area contributed by atoms with Crippen molar-refractivity contribution < 1.29 is 14.6 Å². The molecule has 2 aromatic carbocycles. The van der Waals surface area contributed by atoms with Crippen molar-refractivity contribution in [2.24, 2.45) is 0 Å². The molecule has 0 bridgehead atoms. The van der Waals surface area contributed by atoms with E-state index >= 15 is 0 Å². The molecule has 2 aromatic rings. The first-order chi connectivity index (χ1) is 11.7. The Kier molecular flexibility index (Phi) is 6.35. The Morgan fingerprint density at radius 2 is 2.04 bits per heavy atom. The Labute approximate surface area is 141 Å². The van der Waals surface area contributed by atoms with E-state index in [0.29, 0.717) is 36.6 Å². The Balaban J connectivity index is 2.07. The number of ether oxygens (including phenoxy) is 1. The molecule has 2 rings (SSSR count). The van der Waals surface area contributed by atoms with Crippen LogP contribution in [0.3, 0.4) is 0 Å². The third-order valence-electron chi connectivity index (χ3n) is 3.58. The van der Waals surface area contributed by atoms with Crippen molar-refractivity contribution in [2.75, 3.05) is 19.7 Å². The molecular formula is C19H20N2O3. The molecule has 1 amide bonds. The van der Waals surface area contributed by atoms with Gasteiger partial charge in [0.2, 0.25) is 0 Å². The number of aliphatic hydroxyl groups excluding tert-OH is 1. The minimum Gasteiger partial charge on any atom is -0.489 e. The summed E-state index contributed by atoms with van der Waals surface area (Å²) in [6.45, 7) is 2.99. The largest absolute Gasteiger partial charge is 0.489 e. The van der Waals surface area contributed by atoms with Gasteiger partial charge in [-0.3, -0.25) is 4.79 Å². The molecule has 0 atom stereocenters. The quantitative estimate of drug-likeness (QED) is 0.849. The Morgan fingerprint density at radius 1 is 1.25 bits per heavy atom. The number of nitrogens with zero attached hydrogens (tertiary/aromatic N) is 2. The normalized spacial score (nSPS) is 10.0. The fourth-order valence-electron chi connectivity index (χ4n) is 2.32. The second-order valence-electron chi connectivity index (χ2n) is 5.24. The molecule has 0 unspecified atom stereocenters. The van der Waals surface area contributed by atoms with Crippen molar-refractivity contribution in [3.63, 3.8) is 0 Å². The van der Waals surface area contributed by atoms with E-state index in [1.807, 2.05) is 19.1 Å². The molecule has 5 nitrogen and oxygen atoms in total. The minimum absolute atomic E-state index is 0.0579. The molecule has 24 heavy (non-hydrogen) atoms. The smallest absolute Gasteiger partial charge is 0.253 e. The minimum atomic E-state index is -0.111. The molecule has 0 aromatic heterocycles. The number of amides is 1. The highest BCUT2D eigenvalue weighted by Gasteiger charge is 2.13. The second-order valence-corrected chi connectivity index (χ2v) is 5.24. The van der Waals surface area contributed by atoms with Crippen LogP contribution in [0.2, 0.25) is 0 Å². The number of aliphatic hydroxyl groups is 1. The van der Waals surface area contributed by atoms with Gasteiger partial charge in [-0.2, -0.15) is 5.26 Å². The third kappa shape index (κ3) is 4.58. The van der Waals surface area contributed by atoms with Crippen LogP contribution in [0.15, 0.2) is 48.5 Å². The maximum atomic E-state index is 12.4. The molecule has 0 aliphatic heterocycles. The average Bonchev–Trinajstić information content (AvgIpc) is 2.64. The lowest BCUT2D eigenvalue weighted by atomic mass is 10.1. The van der Waals surface area contributed by atoms with E-state index in [0.717, 1.165) is 5.56 Å². The Hall–Kier alpha value is -2.84. The van der Waals surface area contributed by atoms with E-state index < -0.39 is 0 Å². The van der Waals surface area contributed by atoms with Crippen LogP contribution in [0.4, 0.5) is 0 Å². The van der Waals surface area contributed by atoms with Crippen LogP contribution < -0.4 is 4.74 Å².